The quantitative estimate of drug-likeness (QED) is 0.776. The number of carboxylic acids is 1. The molecule has 2 aromatic rings. The topological polar surface area (TPSA) is 71.7 Å². The number of halogens is 4. The van der Waals surface area contributed by atoms with Crippen LogP contribution in [-0.4, -0.2) is 36.4 Å². The van der Waals surface area contributed by atoms with E-state index in [1.54, 1.807) is 6.26 Å². The van der Waals surface area contributed by atoms with Crippen LogP contribution in [0.15, 0.2) is 34.9 Å². The number of rotatable bonds is 3. The lowest BCUT2D eigenvalue weighted by molar-refractivity contribution is -0.192. The Morgan fingerprint density at radius 3 is 2.48 bits per heavy atom. The molecule has 1 aliphatic heterocycles. The zero-order valence-corrected chi connectivity index (χ0v) is 15.2. The molecule has 0 amide bonds. The maximum Gasteiger partial charge on any atom is 0.490 e. The Morgan fingerprint density at radius 2 is 1.96 bits per heavy atom. The molecule has 0 atom stereocenters. The minimum atomic E-state index is -5.08. The molecular formula is C18H19ClF3NO4. The van der Waals surface area contributed by atoms with Crippen LogP contribution in [0.4, 0.5) is 13.2 Å². The summed E-state index contributed by atoms with van der Waals surface area (Å²) in [6.07, 6.45) is -1.11. The van der Waals surface area contributed by atoms with E-state index in [1.807, 2.05) is 31.2 Å². The highest BCUT2D eigenvalue weighted by molar-refractivity contribution is 6.31. The monoisotopic (exact) mass is 405 g/mol. The van der Waals surface area contributed by atoms with Crippen LogP contribution in [0.25, 0.3) is 11.3 Å². The SMILES string of the molecule is Cc1cc(Cl)cc(-c2ccco2)c1OC1CCNCC1.O=C(O)C(F)(F)F. The van der Waals surface area contributed by atoms with E-state index in [9.17, 15) is 13.2 Å². The van der Waals surface area contributed by atoms with Crippen molar-refractivity contribution in [1.29, 1.82) is 0 Å². The van der Waals surface area contributed by atoms with Gasteiger partial charge in [-0.25, -0.2) is 4.79 Å². The van der Waals surface area contributed by atoms with Gasteiger partial charge in [-0.3, -0.25) is 0 Å². The minimum absolute atomic E-state index is 0.254. The van der Waals surface area contributed by atoms with Gasteiger partial charge >= 0.3 is 12.1 Å². The molecule has 1 aliphatic rings. The number of aliphatic carboxylic acids is 1. The highest BCUT2D eigenvalue weighted by atomic mass is 35.5. The van der Waals surface area contributed by atoms with Gasteiger partial charge in [0.05, 0.1) is 11.8 Å². The minimum Gasteiger partial charge on any atom is -0.489 e. The lowest BCUT2D eigenvalue weighted by Crippen LogP contribution is -2.34. The normalized spacial score (nSPS) is 15.0. The first kappa shape index (κ1) is 21.1. The van der Waals surface area contributed by atoms with Gasteiger partial charge in [0.15, 0.2) is 0 Å². The highest BCUT2D eigenvalue weighted by Gasteiger charge is 2.38. The summed E-state index contributed by atoms with van der Waals surface area (Å²) >= 11 is 6.17. The van der Waals surface area contributed by atoms with Crippen LogP contribution in [0, 0.1) is 6.92 Å². The summed E-state index contributed by atoms with van der Waals surface area (Å²) in [5.74, 6) is -1.08. The number of carboxylic acid groups (broad SMARTS) is 1. The Labute approximate surface area is 159 Å². The zero-order chi connectivity index (χ0) is 20.0. The molecule has 0 aliphatic carbocycles. The van der Waals surface area contributed by atoms with Crippen molar-refractivity contribution in [1.82, 2.24) is 5.32 Å². The van der Waals surface area contributed by atoms with Gasteiger partial charge in [0, 0.05) is 5.02 Å². The second-order valence-corrected chi connectivity index (χ2v) is 6.38. The molecule has 0 unspecified atom stereocenters. The van der Waals surface area contributed by atoms with Crippen molar-refractivity contribution in [2.75, 3.05) is 13.1 Å². The average molecular weight is 406 g/mol. The molecule has 0 saturated carbocycles. The van der Waals surface area contributed by atoms with Crippen LogP contribution < -0.4 is 10.1 Å². The summed E-state index contributed by atoms with van der Waals surface area (Å²) in [5.41, 5.74) is 1.97. The average Bonchev–Trinajstić information content (AvgIpc) is 3.12. The van der Waals surface area contributed by atoms with Gasteiger partial charge in [-0.2, -0.15) is 13.2 Å². The second kappa shape index (κ2) is 9.14. The van der Waals surface area contributed by atoms with Crippen molar-refractivity contribution < 1.29 is 32.2 Å². The third-order valence-corrected chi connectivity index (χ3v) is 4.06. The van der Waals surface area contributed by atoms with Crippen LogP contribution in [-0.2, 0) is 4.79 Å². The molecule has 0 radical (unpaired) electrons. The van der Waals surface area contributed by atoms with Crippen LogP contribution in [0.5, 0.6) is 5.75 Å². The number of carbonyl (C=O) groups is 1. The molecule has 0 bridgehead atoms. The van der Waals surface area contributed by atoms with Crippen molar-refractivity contribution in [3.05, 3.63) is 41.1 Å². The summed E-state index contributed by atoms with van der Waals surface area (Å²) < 4.78 is 43.5. The van der Waals surface area contributed by atoms with Crippen LogP contribution in [0.3, 0.4) is 0 Å². The molecule has 2 N–H and O–H groups in total. The molecular weight excluding hydrogens is 387 g/mol. The molecule has 1 aromatic carbocycles. The molecule has 2 heterocycles. The molecule has 148 valence electrons. The molecule has 1 aromatic heterocycles. The third kappa shape index (κ3) is 6.18. The van der Waals surface area contributed by atoms with Crippen molar-refractivity contribution >= 4 is 17.6 Å². The fraction of sp³-hybridized carbons (Fsp3) is 0.389. The largest absolute Gasteiger partial charge is 0.490 e. The number of hydrogen-bond acceptors (Lipinski definition) is 4. The van der Waals surface area contributed by atoms with Crippen molar-refractivity contribution in [3.8, 4) is 17.1 Å². The lowest BCUT2D eigenvalue weighted by Gasteiger charge is -2.25. The van der Waals surface area contributed by atoms with E-state index in [0.717, 1.165) is 48.6 Å². The van der Waals surface area contributed by atoms with E-state index < -0.39 is 12.1 Å². The Morgan fingerprint density at radius 1 is 1.33 bits per heavy atom. The van der Waals surface area contributed by atoms with E-state index in [2.05, 4.69) is 5.32 Å². The van der Waals surface area contributed by atoms with Crippen molar-refractivity contribution in [2.45, 2.75) is 32.0 Å². The molecule has 0 spiro atoms. The van der Waals surface area contributed by atoms with Gasteiger partial charge in [0.25, 0.3) is 0 Å². The number of benzene rings is 1. The fourth-order valence-electron chi connectivity index (χ4n) is 2.58. The summed E-state index contributed by atoms with van der Waals surface area (Å²) in [7, 11) is 0. The summed E-state index contributed by atoms with van der Waals surface area (Å²) in [5, 5.41) is 11.2. The third-order valence-electron chi connectivity index (χ3n) is 3.84. The summed E-state index contributed by atoms with van der Waals surface area (Å²) in [6.45, 7) is 4.04. The number of nitrogens with one attached hydrogen (secondary N) is 1. The Balaban J connectivity index is 0.000000321. The zero-order valence-electron chi connectivity index (χ0n) is 14.5. The Hall–Kier alpha value is -2.19. The number of ether oxygens (including phenoxy) is 1. The van der Waals surface area contributed by atoms with Crippen LogP contribution in [0.1, 0.15) is 18.4 Å². The standard InChI is InChI=1S/C16H18ClNO2.C2HF3O2/c1-11-9-12(17)10-14(15-3-2-8-19-15)16(11)20-13-4-6-18-7-5-13;3-2(4,5)1(6)7/h2-3,8-10,13,18H,4-7H2,1H3;(H,6,7). The maximum atomic E-state index is 10.6. The first-order valence-electron chi connectivity index (χ1n) is 8.20. The van der Waals surface area contributed by atoms with E-state index in [4.69, 9.17) is 30.7 Å². The number of alkyl halides is 3. The number of aryl methyl sites for hydroxylation is 1. The Bertz CT molecular complexity index is 757. The molecule has 27 heavy (non-hydrogen) atoms. The molecule has 5 nitrogen and oxygen atoms in total. The van der Waals surface area contributed by atoms with Gasteiger partial charge in [-0.05, 0) is 62.7 Å². The fourth-order valence-corrected chi connectivity index (χ4v) is 2.85. The van der Waals surface area contributed by atoms with Gasteiger partial charge in [-0.15, -0.1) is 0 Å². The molecule has 1 fully saturated rings. The second-order valence-electron chi connectivity index (χ2n) is 5.95. The van der Waals surface area contributed by atoms with Gasteiger partial charge in [-0.1, -0.05) is 11.6 Å². The van der Waals surface area contributed by atoms with Crippen LogP contribution in [0.2, 0.25) is 5.02 Å². The van der Waals surface area contributed by atoms with Gasteiger partial charge in [0.2, 0.25) is 0 Å². The van der Waals surface area contributed by atoms with Gasteiger partial charge < -0.3 is 19.6 Å². The van der Waals surface area contributed by atoms with Crippen LogP contribution >= 0.6 is 11.6 Å². The maximum absolute atomic E-state index is 10.6. The Kier molecular flexibility index (Phi) is 7.15. The molecule has 3 rings (SSSR count). The number of piperidine rings is 1. The number of hydrogen-bond donors (Lipinski definition) is 2. The summed E-state index contributed by atoms with van der Waals surface area (Å²) in [6, 6.07) is 7.65. The van der Waals surface area contributed by atoms with E-state index in [0.29, 0.717) is 5.02 Å². The van der Waals surface area contributed by atoms with Gasteiger partial charge in [0.1, 0.15) is 17.6 Å². The molecule has 9 heteroatoms. The lowest BCUT2D eigenvalue weighted by atomic mass is 10.1. The first-order chi connectivity index (χ1) is 12.7. The smallest absolute Gasteiger partial charge is 0.489 e. The predicted octanol–water partition coefficient (Wildman–Crippen LogP) is 4.67. The van der Waals surface area contributed by atoms with Crippen molar-refractivity contribution in [2.24, 2.45) is 0 Å². The predicted molar refractivity (Wildman–Crippen MR) is 94.1 cm³/mol. The van der Waals surface area contributed by atoms with E-state index in [-0.39, 0.29) is 6.10 Å². The first-order valence-corrected chi connectivity index (χ1v) is 8.57. The summed E-state index contributed by atoms with van der Waals surface area (Å²) in [4.78, 5) is 8.90. The van der Waals surface area contributed by atoms with Crippen molar-refractivity contribution in [3.63, 3.8) is 0 Å². The van der Waals surface area contributed by atoms with E-state index in [1.165, 1.54) is 0 Å². The number of furan rings is 1. The molecule has 1 saturated heterocycles. The highest BCUT2D eigenvalue weighted by Crippen LogP contribution is 2.37. The van der Waals surface area contributed by atoms with E-state index >= 15 is 0 Å².